The van der Waals surface area contributed by atoms with Gasteiger partial charge in [-0.3, -0.25) is 4.90 Å². The van der Waals surface area contributed by atoms with Gasteiger partial charge in [-0.2, -0.15) is 18.4 Å². The van der Waals surface area contributed by atoms with Crippen LogP contribution in [0.15, 0.2) is 0 Å². The van der Waals surface area contributed by atoms with Crippen molar-refractivity contribution in [1.82, 2.24) is 9.62 Å². The summed E-state index contributed by atoms with van der Waals surface area (Å²) in [6, 6.07) is 1.36. The predicted octanol–water partition coefficient (Wildman–Crippen LogP) is 1.24. The molecule has 1 aliphatic rings. The molecule has 1 aliphatic heterocycles. The van der Waals surface area contributed by atoms with Gasteiger partial charge in [-0.25, -0.2) is 13.1 Å². The number of alkyl halides is 3. The van der Waals surface area contributed by atoms with Crippen molar-refractivity contribution in [2.75, 3.05) is 25.4 Å². The van der Waals surface area contributed by atoms with E-state index in [9.17, 15) is 21.6 Å². The van der Waals surface area contributed by atoms with Crippen LogP contribution in [0.25, 0.3) is 0 Å². The Labute approximate surface area is 116 Å². The minimum absolute atomic E-state index is 0.0665. The SMILES string of the molecule is N#CCCCS(=O)(=O)N[C@@H]1CCCN(CC(F)(F)F)C1. The first kappa shape index (κ1) is 17.2. The molecule has 1 fully saturated rings. The van der Waals surface area contributed by atoms with E-state index in [0.717, 1.165) is 0 Å². The van der Waals surface area contributed by atoms with Gasteiger partial charge in [0.05, 0.1) is 18.4 Å². The molecule has 0 bridgehead atoms. The Morgan fingerprint density at radius 1 is 1.40 bits per heavy atom. The largest absolute Gasteiger partial charge is 0.401 e. The molecule has 9 heteroatoms. The molecule has 20 heavy (non-hydrogen) atoms. The van der Waals surface area contributed by atoms with Crippen molar-refractivity contribution in [3.05, 3.63) is 0 Å². The number of likely N-dealkylation sites (tertiary alicyclic amines) is 1. The lowest BCUT2D eigenvalue weighted by molar-refractivity contribution is -0.148. The Balaban J connectivity index is 2.45. The summed E-state index contributed by atoms with van der Waals surface area (Å²) in [5.41, 5.74) is 0. The van der Waals surface area contributed by atoms with Crippen LogP contribution in [0.3, 0.4) is 0 Å². The predicted molar refractivity (Wildman–Crippen MR) is 67.3 cm³/mol. The van der Waals surface area contributed by atoms with Crippen LogP contribution < -0.4 is 4.72 Å². The molecule has 5 nitrogen and oxygen atoms in total. The van der Waals surface area contributed by atoms with Crippen LogP contribution in [0, 0.1) is 11.3 Å². The molecule has 116 valence electrons. The van der Waals surface area contributed by atoms with Gasteiger partial charge in [0.2, 0.25) is 10.0 Å². The lowest BCUT2D eigenvalue weighted by atomic mass is 10.1. The smallest absolute Gasteiger partial charge is 0.293 e. The van der Waals surface area contributed by atoms with Gasteiger partial charge in [-0.1, -0.05) is 0 Å². The molecular weight excluding hydrogens is 295 g/mol. The highest BCUT2D eigenvalue weighted by molar-refractivity contribution is 7.89. The molecule has 1 saturated heterocycles. The van der Waals surface area contributed by atoms with Crippen molar-refractivity contribution in [3.63, 3.8) is 0 Å². The first-order valence-electron chi connectivity index (χ1n) is 6.38. The molecule has 1 rings (SSSR count). The Morgan fingerprint density at radius 3 is 2.70 bits per heavy atom. The van der Waals surface area contributed by atoms with E-state index in [-0.39, 0.29) is 25.1 Å². The molecule has 0 aromatic carbocycles. The Kier molecular flexibility index (Phi) is 6.23. The monoisotopic (exact) mass is 313 g/mol. The minimum atomic E-state index is -4.27. The van der Waals surface area contributed by atoms with Crippen LogP contribution in [-0.4, -0.2) is 50.9 Å². The number of rotatable bonds is 6. The molecule has 0 unspecified atom stereocenters. The van der Waals surface area contributed by atoms with E-state index in [2.05, 4.69) is 4.72 Å². The molecule has 1 atom stereocenters. The molecule has 0 spiro atoms. The number of nitriles is 1. The van der Waals surface area contributed by atoms with Crippen molar-refractivity contribution >= 4 is 10.0 Å². The average molecular weight is 313 g/mol. The third kappa shape index (κ3) is 7.07. The number of halogens is 3. The highest BCUT2D eigenvalue weighted by Gasteiger charge is 2.33. The second-order valence-corrected chi connectivity index (χ2v) is 6.76. The van der Waals surface area contributed by atoms with Crippen molar-refractivity contribution in [2.45, 2.75) is 37.9 Å². The summed E-state index contributed by atoms with van der Waals surface area (Å²) < 4.78 is 62.7. The maximum Gasteiger partial charge on any atom is 0.401 e. The van der Waals surface area contributed by atoms with E-state index in [1.807, 2.05) is 6.07 Å². The molecule has 1 heterocycles. The summed E-state index contributed by atoms with van der Waals surface area (Å²) in [5.74, 6) is -0.170. The molecular formula is C11H18F3N3O2S. The fourth-order valence-electron chi connectivity index (χ4n) is 2.20. The molecule has 0 saturated carbocycles. The van der Waals surface area contributed by atoms with Crippen LogP contribution >= 0.6 is 0 Å². The van der Waals surface area contributed by atoms with Crippen molar-refractivity contribution < 1.29 is 21.6 Å². The highest BCUT2D eigenvalue weighted by Crippen LogP contribution is 2.20. The fraction of sp³-hybridized carbons (Fsp3) is 0.909. The molecule has 0 aromatic rings. The molecule has 1 N–H and O–H groups in total. The standard InChI is InChI=1S/C11H18F3N3O2S/c12-11(13,14)9-17-6-3-4-10(8-17)16-20(18,19)7-2-1-5-15/h10,16H,1-4,6-9H2/t10-/m1/s1. The number of nitrogens with one attached hydrogen (secondary N) is 1. The summed E-state index contributed by atoms with van der Waals surface area (Å²) >= 11 is 0. The van der Waals surface area contributed by atoms with Gasteiger partial charge in [0.25, 0.3) is 0 Å². The minimum Gasteiger partial charge on any atom is -0.293 e. The maximum atomic E-state index is 12.3. The molecule has 0 amide bonds. The van der Waals surface area contributed by atoms with E-state index in [0.29, 0.717) is 19.4 Å². The summed E-state index contributed by atoms with van der Waals surface area (Å²) in [4.78, 5) is 1.21. The molecule has 0 aliphatic carbocycles. The summed E-state index contributed by atoms with van der Waals surface area (Å²) in [6.07, 6.45) is -2.84. The lowest BCUT2D eigenvalue weighted by Gasteiger charge is -2.33. The van der Waals surface area contributed by atoms with Gasteiger partial charge in [-0.15, -0.1) is 0 Å². The zero-order valence-electron chi connectivity index (χ0n) is 11.0. The summed E-state index contributed by atoms with van der Waals surface area (Å²) in [5, 5.41) is 8.35. The number of sulfonamides is 1. The topological polar surface area (TPSA) is 73.2 Å². The third-order valence-electron chi connectivity index (χ3n) is 2.96. The van der Waals surface area contributed by atoms with Crippen LogP contribution in [0.1, 0.15) is 25.7 Å². The van der Waals surface area contributed by atoms with Gasteiger partial charge in [0, 0.05) is 19.0 Å². The van der Waals surface area contributed by atoms with E-state index in [1.54, 1.807) is 0 Å². The van der Waals surface area contributed by atoms with E-state index >= 15 is 0 Å². The quantitative estimate of drug-likeness (QED) is 0.749. The van der Waals surface area contributed by atoms with Crippen molar-refractivity contribution in [1.29, 1.82) is 5.26 Å². The van der Waals surface area contributed by atoms with Crippen LogP contribution in [0.5, 0.6) is 0 Å². The lowest BCUT2D eigenvalue weighted by Crippen LogP contribution is -2.50. The van der Waals surface area contributed by atoms with Crippen LogP contribution in [0.2, 0.25) is 0 Å². The number of hydrogen-bond donors (Lipinski definition) is 1. The zero-order valence-corrected chi connectivity index (χ0v) is 11.8. The number of piperidine rings is 1. The van der Waals surface area contributed by atoms with E-state index < -0.39 is 28.8 Å². The van der Waals surface area contributed by atoms with Crippen molar-refractivity contribution in [2.24, 2.45) is 0 Å². The van der Waals surface area contributed by atoms with Gasteiger partial charge in [0.15, 0.2) is 0 Å². The second-order valence-electron chi connectivity index (χ2n) is 4.89. The Bertz CT molecular complexity index is 445. The van der Waals surface area contributed by atoms with Gasteiger partial charge in [0.1, 0.15) is 0 Å². The van der Waals surface area contributed by atoms with E-state index in [1.165, 1.54) is 4.90 Å². The number of unbranched alkanes of at least 4 members (excludes halogenated alkanes) is 1. The fourth-order valence-corrected chi connectivity index (χ4v) is 3.55. The maximum absolute atomic E-state index is 12.3. The zero-order chi connectivity index (χ0) is 15.2. The van der Waals surface area contributed by atoms with Crippen molar-refractivity contribution in [3.8, 4) is 6.07 Å². The van der Waals surface area contributed by atoms with Gasteiger partial charge >= 0.3 is 6.18 Å². The first-order valence-corrected chi connectivity index (χ1v) is 8.03. The van der Waals surface area contributed by atoms with E-state index in [4.69, 9.17) is 5.26 Å². The Morgan fingerprint density at radius 2 is 2.10 bits per heavy atom. The molecule has 0 radical (unpaired) electrons. The van der Waals surface area contributed by atoms with Gasteiger partial charge < -0.3 is 0 Å². The summed E-state index contributed by atoms with van der Waals surface area (Å²) in [6.45, 7) is -0.622. The average Bonchev–Trinajstić information content (AvgIpc) is 2.26. The molecule has 0 aromatic heterocycles. The summed E-state index contributed by atoms with van der Waals surface area (Å²) in [7, 11) is -3.53. The van der Waals surface area contributed by atoms with Gasteiger partial charge in [-0.05, 0) is 25.8 Å². The second kappa shape index (κ2) is 7.24. The number of hydrogen-bond acceptors (Lipinski definition) is 4. The highest BCUT2D eigenvalue weighted by atomic mass is 32.2. The number of nitrogens with zero attached hydrogens (tertiary/aromatic N) is 2. The first-order chi connectivity index (χ1) is 9.22. The third-order valence-corrected chi connectivity index (χ3v) is 4.47. The van der Waals surface area contributed by atoms with Crippen LogP contribution in [-0.2, 0) is 10.0 Å². The van der Waals surface area contributed by atoms with Crippen LogP contribution in [0.4, 0.5) is 13.2 Å². The Hall–Kier alpha value is -0.850. The normalized spacial score (nSPS) is 21.6.